The molecule has 2 aliphatic heterocycles. The molecule has 1 atom stereocenters. The number of anilines is 1. The summed E-state index contributed by atoms with van der Waals surface area (Å²) in [5, 5.41) is 12.3. The Kier molecular flexibility index (Phi) is 7.54. The van der Waals surface area contributed by atoms with E-state index < -0.39 is 9.84 Å². The Hall–Kier alpha value is -2.25. The van der Waals surface area contributed by atoms with Gasteiger partial charge in [-0.1, -0.05) is 17.8 Å². The third-order valence-electron chi connectivity index (χ3n) is 5.81. The Labute approximate surface area is 212 Å². The van der Waals surface area contributed by atoms with Gasteiger partial charge in [0.05, 0.1) is 41.6 Å². The number of H-pyrrole nitrogens is 1. The van der Waals surface area contributed by atoms with Crippen molar-refractivity contribution >= 4 is 55.2 Å². The average molecular weight is 534 g/mol. The Bertz CT molecular complexity index is 1300. The quantitative estimate of drug-likeness (QED) is 0.357. The fourth-order valence-electron chi connectivity index (χ4n) is 4.06. The summed E-state index contributed by atoms with van der Waals surface area (Å²) in [7, 11) is -2.87. The van der Waals surface area contributed by atoms with Crippen molar-refractivity contribution in [3.8, 4) is 5.75 Å². The highest BCUT2D eigenvalue weighted by atomic mass is 32.2. The maximum atomic E-state index is 11.7. The monoisotopic (exact) mass is 533 g/mol. The molecule has 1 saturated heterocycles. The molecule has 1 aromatic carbocycles. The highest BCUT2D eigenvalue weighted by molar-refractivity contribution is 8.15. The lowest BCUT2D eigenvalue weighted by atomic mass is 10.2. The van der Waals surface area contributed by atoms with E-state index >= 15 is 0 Å². The van der Waals surface area contributed by atoms with Crippen LogP contribution in [0.15, 0.2) is 52.6 Å². The first-order valence-corrected chi connectivity index (χ1v) is 14.9. The summed E-state index contributed by atoms with van der Waals surface area (Å²) in [5.41, 5.74) is 2.73. The first-order valence-electron chi connectivity index (χ1n) is 11.4. The standard InChI is InChI=1S/C23H27N5O4S3/c29-7-8-32-17-11-16-12-20(26-22(16)19(13-17)27-34-21-3-1-2-4-24-21)23-25-14-18(33-23)15-28-5-9-35(30,31)10-6-28/h1-4,11-13,18,26-27,29H,5-10,14-15H2. The van der Waals surface area contributed by atoms with Crippen LogP contribution in [0.3, 0.4) is 0 Å². The topological polar surface area (TPSA) is 120 Å². The fraction of sp³-hybridized carbons (Fsp3) is 0.391. The molecule has 35 heavy (non-hydrogen) atoms. The minimum absolute atomic E-state index is 0.0559. The molecule has 2 aliphatic rings. The Morgan fingerprint density at radius 3 is 2.89 bits per heavy atom. The minimum atomic E-state index is -2.87. The lowest BCUT2D eigenvalue weighted by Crippen LogP contribution is -2.43. The molecule has 3 aromatic rings. The largest absolute Gasteiger partial charge is 0.491 e. The molecule has 0 radical (unpaired) electrons. The number of ether oxygens (including phenoxy) is 1. The van der Waals surface area contributed by atoms with Crippen LogP contribution in [0, 0.1) is 0 Å². The molecule has 4 heterocycles. The van der Waals surface area contributed by atoms with Crippen molar-refractivity contribution in [3.63, 3.8) is 0 Å². The summed E-state index contributed by atoms with van der Waals surface area (Å²) in [4.78, 5) is 14.9. The summed E-state index contributed by atoms with van der Waals surface area (Å²) >= 11 is 3.15. The summed E-state index contributed by atoms with van der Waals surface area (Å²) < 4.78 is 32.5. The first-order chi connectivity index (χ1) is 17.0. The number of aromatic amines is 1. The van der Waals surface area contributed by atoms with Gasteiger partial charge in [0, 0.05) is 54.5 Å². The van der Waals surface area contributed by atoms with E-state index in [9.17, 15) is 8.42 Å². The Balaban J connectivity index is 1.31. The maximum absolute atomic E-state index is 11.7. The lowest BCUT2D eigenvalue weighted by molar-refractivity contribution is 0.201. The number of hydrogen-bond acceptors (Lipinski definition) is 10. The molecule has 0 bridgehead atoms. The van der Waals surface area contributed by atoms with Gasteiger partial charge in [-0.3, -0.25) is 4.99 Å². The molecule has 2 aromatic heterocycles. The summed E-state index contributed by atoms with van der Waals surface area (Å²) in [5.74, 6) is 1.15. The van der Waals surface area contributed by atoms with E-state index in [0.717, 1.165) is 38.9 Å². The van der Waals surface area contributed by atoms with E-state index in [0.29, 0.717) is 30.6 Å². The zero-order valence-corrected chi connectivity index (χ0v) is 21.5. The number of aliphatic hydroxyl groups is 1. The van der Waals surface area contributed by atoms with Gasteiger partial charge in [-0.15, -0.1) is 0 Å². The number of aliphatic imine (C=N–C) groups is 1. The lowest BCUT2D eigenvalue weighted by Gasteiger charge is -2.28. The van der Waals surface area contributed by atoms with Crippen molar-refractivity contribution in [2.24, 2.45) is 4.99 Å². The fourth-order valence-corrected chi connectivity index (χ4v) is 7.10. The predicted octanol–water partition coefficient (Wildman–Crippen LogP) is 2.65. The molecule has 9 nitrogen and oxygen atoms in total. The van der Waals surface area contributed by atoms with Crippen LogP contribution >= 0.6 is 23.7 Å². The molecular formula is C23H27N5O4S3. The van der Waals surface area contributed by atoms with Gasteiger partial charge in [0.2, 0.25) is 0 Å². The molecule has 186 valence electrons. The van der Waals surface area contributed by atoms with Crippen LogP contribution in [-0.4, -0.2) is 89.6 Å². The van der Waals surface area contributed by atoms with Gasteiger partial charge in [-0.2, -0.15) is 0 Å². The number of thioether (sulfide) groups is 1. The van der Waals surface area contributed by atoms with Gasteiger partial charge < -0.3 is 24.4 Å². The first kappa shape index (κ1) is 24.4. The second kappa shape index (κ2) is 10.8. The summed E-state index contributed by atoms with van der Waals surface area (Å²) in [6, 6.07) is 11.7. The van der Waals surface area contributed by atoms with Crippen molar-refractivity contribution < 1.29 is 18.3 Å². The number of nitrogens with one attached hydrogen (secondary N) is 2. The zero-order chi connectivity index (χ0) is 24.3. The van der Waals surface area contributed by atoms with E-state index in [1.165, 1.54) is 11.9 Å². The maximum Gasteiger partial charge on any atom is 0.152 e. The van der Waals surface area contributed by atoms with Crippen LogP contribution in [0.25, 0.3) is 10.9 Å². The van der Waals surface area contributed by atoms with Crippen molar-refractivity contribution in [1.29, 1.82) is 0 Å². The molecular weight excluding hydrogens is 506 g/mol. The number of aromatic nitrogens is 2. The number of sulfone groups is 1. The molecule has 0 amide bonds. The molecule has 0 saturated carbocycles. The molecule has 1 unspecified atom stereocenters. The van der Waals surface area contributed by atoms with Crippen LogP contribution < -0.4 is 9.46 Å². The van der Waals surface area contributed by atoms with Crippen molar-refractivity contribution in [2.45, 2.75) is 10.3 Å². The number of rotatable bonds is 9. The van der Waals surface area contributed by atoms with Crippen LogP contribution in [0.2, 0.25) is 0 Å². The number of nitrogens with zero attached hydrogens (tertiary/aromatic N) is 3. The molecule has 12 heteroatoms. The molecule has 1 fully saturated rings. The normalized spacial score (nSPS) is 20.1. The van der Waals surface area contributed by atoms with Crippen molar-refractivity contribution in [2.75, 3.05) is 55.6 Å². The summed E-state index contributed by atoms with van der Waals surface area (Å²) in [6.45, 7) is 2.91. The van der Waals surface area contributed by atoms with Gasteiger partial charge in [0.25, 0.3) is 0 Å². The van der Waals surface area contributed by atoms with Crippen LogP contribution in [0.4, 0.5) is 5.69 Å². The minimum Gasteiger partial charge on any atom is -0.491 e. The van der Waals surface area contributed by atoms with Gasteiger partial charge in [-0.05, 0) is 24.3 Å². The van der Waals surface area contributed by atoms with Gasteiger partial charge in [0.15, 0.2) is 9.84 Å². The highest BCUT2D eigenvalue weighted by Gasteiger charge is 2.28. The number of hydrogen-bond donors (Lipinski definition) is 3. The van der Waals surface area contributed by atoms with E-state index in [1.807, 2.05) is 30.3 Å². The van der Waals surface area contributed by atoms with Gasteiger partial charge in [0.1, 0.15) is 22.4 Å². The van der Waals surface area contributed by atoms with Crippen LogP contribution in [0.1, 0.15) is 5.69 Å². The predicted molar refractivity (Wildman–Crippen MR) is 142 cm³/mol. The third kappa shape index (κ3) is 6.12. The third-order valence-corrected chi connectivity index (χ3v) is 9.40. The molecule has 5 rings (SSSR count). The Morgan fingerprint density at radius 1 is 1.26 bits per heavy atom. The second-order valence-electron chi connectivity index (χ2n) is 8.40. The molecule has 3 N–H and O–H groups in total. The number of pyridine rings is 1. The average Bonchev–Trinajstić information content (AvgIpc) is 3.50. The van der Waals surface area contributed by atoms with Crippen molar-refractivity contribution in [3.05, 3.63) is 48.3 Å². The van der Waals surface area contributed by atoms with E-state index in [2.05, 4.69) is 25.7 Å². The number of fused-ring (bicyclic) bond motifs is 1. The summed E-state index contributed by atoms with van der Waals surface area (Å²) in [6.07, 6.45) is 1.75. The van der Waals surface area contributed by atoms with Crippen molar-refractivity contribution in [1.82, 2.24) is 14.9 Å². The molecule has 0 spiro atoms. The number of aliphatic hydroxyl groups excluding tert-OH is 1. The smallest absolute Gasteiger partial charge is 0.152 e. The van der Waals surface area contributed by atoms with Crippen LogP contribution in [-0.2, 0) is 9.84 Å². The van der Waals surface area contributed by atoms with E-state index in [-0.39, 0.29) is 24.7 Å². The Morgan fingerprint density at radius 2 is 2.11 bits per heavy atom. The highest BCUT2D eigenvalue weighted by Crippen LogP contribution is 2.35. The van der Waals surface area contributed by atoms with Crippen LogP contribution in [0.5, 0.6) is 5.75 Å². The SMILES string of the molecule is O=S1(=O)CCN(CC2CN=C(c3cc4cc(OCCO)cc(NSc5ccccn5)c4[nH]3)S2)CC1. The van der Waals surface area contributed by atoms with E-state index in [1.54, 1.807) is 18.0 Å². The van der Waals surface area contributed by atoms with Gasteiger partial charge >= 0.3 is 0 Å². The molecule has 0 aliphatic carbocycles. The second-order valence-corrected chi connectivity index (χ2v) is 12.8. The zero-order valence-electron chi connectivity index (χ0n) is 19.0. The van der Waals surface area contributed by atoms with E-state index in [4.69, 9.17) is 14.8 Å². The van der Waals surface area contributed by atoms with Gasteiger partial charge in [-0.25, -0.2) is 13.4 Å². The number of benzene rings is 1.